The van der Waals surface area contributed by atoms with E-state index in [9.17, 15) is 0 Å². The van der Waals surface area contributed by atoms with Crippen molar-refractivity contribution in [3.63, 3.8) is 0 Å². The maximum atomic E-state index is 9.06. The van der Waals surface area contributed by atoms with Gasteiger partial charge in [-0.2, -0.15) is 0 Å². The monoisotopic (exact) mass is 198 g/mol. The Bertz CT molecular complexity index is 460. The van der Waals surface area contributed by atoms with Gasteiger partial charge in [-0.15, -0.1) is 0 Å². The number of hydrogen-bond donors (Lipinski definition) is 1. The lowest BCUT2D eigenvalue weighted by Gasteiger charge is -2.04. The first kappa shape index (κ1) is 9.94. The van der Waals surface area contributed by atoms with Crippen LogP contribution < -0.4 is 0 Å². The quantitative estimate of drug-likeness (QED) is 0.786. The van der Waals surface area contributed by atoms with Crippen molar-refractivity contribution in [1.82, 2.24) is 0 Å². The molecule has 2 aromatic carbocycles. The highest BCUT2D eigenvalue weighted by atomic mass is 16.3. The van der Waals surface area contributed by atoms with Gasteiger partial charge < -0.3 is 5.11 Å². The van der Waals surface area contributed by atoms with E-state index in [1.54, 1.807) is 0 Å². The van der Waals surface area contributed by atoms with Gasteiger partial charge in [-0.3, -0.25) is 0 Å². The molecule has 0 radical (unpaired) electrons. The van der Waals surface area contributed by atoms with Crippen LogP contribution in [0.15, 0.2) is 48.5 Å². The molecule has 0 spiro atoms. The summed E-state index contributed by atoms with van der Waals surface area (Å²) in [4.78, 5) is 0. The molecular weight excluding hydrogens is 184 g/mol. The summed E-state index contributed by atoms with van der Waals surface area (Å²) < 4.78 is 0. The molecule has 0 atom stereocenters. The third-order valence-corrected chi connectivity index (χ3v) is 2.46. The van der Waals surface area contributed by atoms with E-state index in [4.69, 9.17) is 5.11 Å². The second-order valence-corrected chi connectivity index (χ2v) is 3.73. The molecule has 0 amide bonds. The van der Waals surface area contributed by atoms with Gasteiger partial charge in [-0.25, -0.2) is 0 Å². The number of rotatable bonds is 2. The Hall–Kier alpha value is -1.60. The van der Waals surface area contributed by atoms with Gasteiger partial charge in [0.15, 0.2) is 0 Å². The van der Waals surface area contributed by atoms with Crippen molar-refractivity contribution < 1.29 is 5.11 Å². The molecular formula is C14H14O. The summed E-state index contributed by atoms with van der Waals surface area (Å²) in [6.45, 7) is 2.18. The van der Waals surface area contributed by atoms with Crippen LogP contribution in [0.5, 0.6) is 0 Å². The Labute approximate surface area is 90.0 Å². The van der Waals surface area contributed by atoms with Crippen LogP contribution in [0.25, 0.3) is 11.1 Å². The van der Waals surface area contributed by atoms with Crippen molar-refractivity contribution in [3.8, 4) is 11.1 Å². The average molecular weight is 198 g/mol. The van der Waals surface area contributed by atoms with Crippen LogP contribution in [0.4, 0.5) is 0 Å². The average Bonchev–Trinajstić information content (AvgIpc) is 2.29. The molecule has 0 heterocycles. The van der Waals surface area contributed by atoms with Gasteiger partial charge in [0.1, 0.15) is 0 Å². The number of aliphatic hydroxyl groups excluding tert-OH is 1. The zero-order valence-corrected chi connectivity index (χ0v) is 8.77. The van der Waals surface area contributed by atoms with Crippen LogP contribution in [0.2, 0.25) is 0 Å². The normalized spacial score (nSPS) is 10.3. The first-order valence-corrected chi connectivity index (χ1v) is 5.06. The third-order valence-electron chi connectivity index (χ3n) is 2.46. The van der Waals surface area contributed by atoms with E-state index in [1.165, 1.54) is 11.1 Å². The minimum absolute atomic E-state index is 0.0969. The summed E-state index contributed by atoms with van der Waals surface area (Å²) in [5.41, 5.74) is 4.56. The van der Waals surface area contributed by atoms with Gasteiger partial charge in [0.2, 0.25) is 0 Å². The maximum absolute atomic E-state index is 9.06. The molecule has 1 nitrogen and oxygen atoms in total. The summed E-state index contributed by atoms with van der Waals surface area (Å²) in [6.07, 6.45) is 0. The molecule has 0 fully saturated rings. The molecule has 1 heteroatoms. The SMILES string of the molecule is Cc1cccc(-c2cccc(CO)c2)c1. The van der Waals surface area contributed by atoms with Crippen LogP contribution in [0.3, 0.4) is 0 Å². The molecule has 0 saturated heterocycles. The standard InChI is InChI=1S/C14H14O/c1-11-4-2-6-13(8-11)14-7-3-5-12(9-14)10-15/h2-9,15H,10H2,1H3. The van der Waals surface area contributed by atoms with E-state index >= 15 is 0 Å². The minimum atomic E-state index is 0.0969. The largest absolute Gasteiger partial charge is 0.392 e. The van der Waals surface area contributed by atoms with Crippen LogP contribution in [0, 0.1) is 6.92 Å². The molecule has 0 aromatic heterocycles. The minimum Gasteiger partial charge on any atom is -0.392 e. The molecule has 1 N–H and O–H groups in total. The van der Waals surface area contributed by atoms with E-state index < -0.39 is 0 Å². The summed E-state index contributed by atoms with van der Waals surface area (Å²) in [6, 6.07) is 16.4. The van der Waals surface area contributed by atoms with Crippen molar-refractivity contribution in [2.45, 2.75) is 13.5 Å². The van der Waals surface area contributed by atoms with Crippen LogP contribution in [-0.2, 0) is 6.61 Å². The van der Waals surface area contributed by atoms with Gasteiger partial charge >= 0.3 is 0 Å². The lowest BCUT2D eigenvalue weighted by atomic mass is 10.0. The molecule has 15 heavy (non-hydrogen) atoms. The topological polar surface area (TPSA) is 20.2 Å². The summed E-state index contributed by atoms with van der Waals surface area (Å²) >= 11 is 0. The molecule has 0 unspecified atom stereocenters. The maximum Gasteiger partial charge on any atom is 0.0682 e. The van der Waals surface area contributed by atoms with Gasteiger partial charge in [0, 0.05) is 0 Å². The van der Waals surface area contributed by atoms with Gasteiger partial charge in [0.25, 0.3) is 0 Å². The Morgan fingerprint density at radius 2 is 1.60 bits per heavy atom. The summed E-state index contributed by atoms with van der Waals surface area (Å²) in [5, 5.41) is 9.06. The van der Waals surface area contributed by atoms with E-state index in [0.717, 1.165) is 11.1 Å². The second kappa shape index (κ2) is 4.28. The van der Waals surface area contributed by atoms with E-state index in [2.05, 4.69) is 37.3 Å². The Kier molecular flexibility index (Phi) is 2.84. The zero-order valence-electron chi connectivity index (χ0n) is 8.77. The fraction of sp³-hybridized carbons (Fsp3) is 0.143. The van der Waals surface area contributed by atoms with Crippen molar-refractivity contribution in [3.05, 3.63) is 59.7 Å². The van der Waals surface area contributed by atoms with Crippen LogP contribution in [0.1, 0.15) is 11.1 Å². The molecule has 0 aliphatic rings. The molecule has 0 aliphatic carbocycles. The fourth-order valence-corrected chi connectivity index (χ4v) is 1.67. The fourth-order valence-electron chi connectivity index (χ4n) is 1.67. The molecule has 76 valence electrons. The highest BCUT2D eigenvalue weighted by molar-refractivity contribution is 5.64. The second-order valence-electron chi connectivity index (χ2n) is 3.73. The van der Waals surface area contributed by atoms with Gasteiger partial charge in [-0.05, 0) is 29.7 Å². The van der Waals surface area contributed by atoms with Crippen molar-refractivity contribution >= 4 is 0 Å². The van der Waals surface area contributed by atoms with Crippen molar-refractivity contribution in [2.24, 2.45) is 0 Å². The number of aliphatic hydroxyl groups is 1. The van der Waals surface area contributed by atoms with E-state index in [-0.39, 0.29) is 6.61 Å². The molecule has 2 aromatic rings. The number of aryl methyl sites for hydroxylation is 1. The van der Waals surface area contributed by atoms with Gasteiger partial charge in [0.05, 0.1) is 6.61 Å². The number of benzene rings is 2. The Balaban J connectivity index is 2.44. The van der Waals surface area contributed by atoms with Crippen molar-refractivity contribution in [1.29, 1.82) is 0 Å². The lowest BCUT2D eigenvalue weighted by molar-refractivity contribution is 0.282. The number of hydrogen-bond acceptors (Lipinski definition) is 1. The summed E-state index contributed by atoms with van der Waals surface area (Å²) in [7, 11) is 0. The van der Waals surface area contributed by atoms with Crippen LogP contribution >= 0.6 is 0 Å². The third kappa shape index (κ3) is 2.25. The highest BCUT2D eigenvalue weighted by Gasteiger charge is 1.98. The summed E-state index contributed by atoms with van der Waals surface area (Å²) in [5.74, 6) is 0. The zero-order chi connectivity index (χ0) is 10.7. The predicted molar refractivity (Wildman–Crippen MR) is 62.5 cm³/mol. The smallest absolute Gasteiger partial charge is 0.0682 e. The first-order valence-electron chi connectivity index (χ1n) is 5.06. The lowest BCUT2D eigenvalue weighted by Crippen LogP contribution is -1.84. The van der Waals surface area contributed by atoms with E-state index in [1.807, 2.05) is 18.2 Å². The van der Waals surface area contributed by atoms with E-state index in [0.29, 0.717) is 0 Å². The van der Waals surface area contributed by atoms with Crippen LogP contribution in [-0.4, -0.2) is 5.11 Å². The molecule has 0 aliphatic heterocycles. The Morgan fingerprint density at radius 3 is 2.27 bits per heavy atom. The highest BCUT2D eigenvalue weighted by Crippen LogP contribution is 2.21. The predicted octanol–water partition coefficient (Wildman–Crippen LogP) is 3.15. The Morgan fingerprint density at radius 1 is 0.933 bits per heavy atom. The first-order chi connectivity index (χ1) is 7.29. The van der Waals surface area contributed by atoms with Crippen molar-refractivity contribution in [2.75, 3.05) is 0 Å². The molecule has 0 saturated carbocycles. The molecule has 2 rings (SSSR count). The molecule has 0 bridgehead atoms. The van der Waals surface area contributed by atoms with Gasteiger partial charge in [-0.1, -0.05) is 48.0 Å².